The average Bonchev–Trinajstić information content (AvgIpc) is 2.62. The zero-order chi connectivity index (χ0) is 19.6. The fourth-order valence-corrected chi connectivity index (χ4v) is 3.89. The molecule has 2 aromatic carbocycles. The molecule has 1 aliphatic rings. The lowest BCUT2D eigenvalue weighted by atomic mass is 10.1. The second kappa shape index (κ2) is 8.57. The van der Waals surface area contributed by atoms with Gasteiger partial charge in [0.1, 0.15) is 5.75 Å². The molecule has 0 unspecified atom stereocenters. The third kappa shape index (κ3) is 4.61. The number of halogens is 3. The van der Waals surface area contributed by atoms with E-state index in [1.807, 2.05) is 12.1 Å². The maximum Gasteiger partial charge on any atom is 0.259 e. The fraction of sp³-hybridized carbons (Fsp3) is 0.316. The minimum atomic E-state index is -0.375. The van der Waals surface area contributed by atoms with Crippen molar-refractivity contribution >= 4 is 52.1 Å². The minimum absolute atomic E-state index is 0.259. The highest BCUT2D eigenvalue weighted by molar-refractivity contribution is 6.36. The molecular weight excluding hydrogens is 409 g/mol. The summed E-state index contributed by atoms with van der Waals surface area (Å²) in [7, 11) is 3.56. The minimum Gasteiger partial charge on any atom is -0.494 e. The second-order valence-corrected chi connectivity index (χ2v) is 7.63. The van der Waals surface area contributed by atoms with Gasteiger partial charge in [-0.15, -0.1) is 0 Å². The van der Waals surface area contributed by atoms with Crippen LogP contribution in [-0.4, -0.2) is 51.1 Å². The number of rotatable bonds is 4. The molecule has 1 fully saturated rings. The number of carbonyl (C=O) groups is 1. The lowest BCUT2D eigenvalue weighted by Crippen LogP contribution is -2.44. The maximum absolute atomic E-state index is 12.7. The van der Waals surface area contributed by atoms with Crippen LogP contribution < -0.4 is 15.0 Å². The first-order chi connectivity index (χ1) is 12.9. The molecule has 1 amide bonds. The summed E-state index contributed by atoms with van der Waals surface area (Å²) >= 11 is 18.6. The summed E-state index contributed by atoms with van der Waals surface area (Å²) in [5, 5.41) is 4.04. The Hall–Kier alpha value is -1.66. The Morgan fingerprint density at radius 2 is 1.74 bits per heavy atom. The smallest absolute Gasteiger partial charge is 0.259 e. The zero-order valence-electron chi connectivity index (χ0n) is 15.1. The number of carbonyl (C=O) groups excluding carboxylic acids is 1. The number of hydrogen-bond donors (Lipinski definition) is 1. The first-order valence-electron chi connectivity index (χ1n) is 8.46. The molecule has 0 aliphatic carbocycles. The molecule has 8 heteroatoms. The van der Waals surface area contributed by atoms with Crippen molar-refractivity contribution in [3.63, 3.8) is 0 Å². The van der Waals surface area contributed by atoms with Gasteiger partial charge in [0.15, 0.2) is 0 Å². The van der Waals surface area contributed by atoms with E-state index < -0.39 is 0 Å². The molecule has 27 heavy (non-hydrogen) atoms. The summed E-state index contributed by atoms with van der Waals surface area (Å²) < 4.78 is 5.23. The number of likely N-dealkylation sites (N-methyl/N-ethyl adjacent to an activating group) is 1. The Kier molecular flexibility index (Phi) is 6.37. The van der Waals surface area contributed by atoms with Gasteiger partial charge in [-0.25, -0.2) is 0 Å². The SMILES string of the molecule is COc1c(Cl)cc(Cl)cc1C(=O)Nc1ccc(N2CCN(C)CC2)c(Cl)c1. The van der Waals surface area contributed by atoms with Crippen LogP contribution in [0.25, 0.3) is 0 Å². The van der Waals surface area contributed by atoms with E-state index in [9.17, 15) is 4.79 Å². The van der Waals surface area contributed by atoms with Gasteiger partial charge in [0.05, 0.1) is 28.4 Å². The quantitative estimate of drug-likeness (QED) is 0.769. The molecular formula is C19H20Cl3N3O2. The highest BCUT2D eigenvalue weighted by Crippen LogP contribution is 2.34. The molecule has 0 saturated carbocycles. The molecule has 1 heterocycles. The van der Waals surface area contributed by atoms with Gasteiger partial charge in [-0.1, -0.05) is 34.8 Å². The van der Waals surface area contributed by atoms with E-state index in [1.54, 1.807) is 6.07 Å². The molecule has 1 aliphatic heterocycles. The molecule has 2 aromatic rings. The summed E-state index contributed by atoms with van der Waals surface area (Å²) in [4.78, 5) is 17.2. The van der Waals surface area contributed by atoms with Crippen LogP contribution in [0.3, 0.4) is 0 Å². The second-order valence-electron chi connectivity index (χ2n) is 6.38. The predicted molar refractivity (Wildman–Crippen MR) is 112 cm³/mol. The Labute approximate surface area is 173 Å². The van der Waals surface area contributed by atoms with Crippen LogP contribution in [-0.2, 0) is 0 Å². The van der Waals surface area contributed by atoms with Crippen molar-refractivity contribution in [2.75, 3.05) is 50.6 Å². The van der Waals surface area contributed by atoms with E-state index in [1.165, 1.54) is 19.2 Å². The maximum atomic E-state index is 12.7. The van der Waals surface area contributed by atoms with E-state index >= 15 is 0 Å². The zero-order valence-corrected chi connectivity index (χ0v) is 17.3. The molecule has 0 atom stereocenters. The summed E-state index contributed by atoms with van der Waals surface area (Å²) in [6, 6.07) is 8.54. The van der Waals surface area contributed by atoms with Crippen LogP contribution in [0.5, 0.6) is 5.75 Å². The van der Waals surface area contributed by atoms with Crippen molar-refractivity contribution in [3.8, 4) is 5.75 Å². The highest BCUT2D eigenvalue weighted by Gasteiger charge is 2.19. The molecule has 0 spiro atoms. The van der Waals surface area contributed by atoms with Gasteiger partial charge in [-0.05, 0) is 37.4 Å². The van der Waals surface area contributed by atoms with Crippen LogP contribution in [0.1, 0.15) is 10.4 Å². The van der Waals surface area contributed by atoms with Crippen molar-refractivity contribution in [2.24, 2.45) is 0 Å². The monoisotopic (exact) mass is 427 g/mol. The van der Waals surface area contributed by atoms with E-state index in [-0.39, 0.29) is 22.2 Å². The van der Waals surface area contributed by atoms with E-state index in [0.717, 1.165) is 31.9 Å². The van der Waals surface area contributed by atoms with Gasteiger partial charge < -0.3 is 19.9 Å². The largest absolute Gasteiger partial charge is 0.494 e. The third-order valence-electron chi connectivity index (χ3n) is 4.51. The first kappa shape index (κ1) is 20.1. The Balaban J connectivity index is 1.79. The number of hydrogen-bond acceptors (Lipinski definition) is 4. The van der Waals surface area contributed by atoms with Crippen LogP contribution in [0, 0.1) is 0 Å². The summed E-state index contributed by atoms with van der Waals surface area (Å²) in [6.45, 7) is 3.81. The predicted octanol–water partition coefficient (Wildman–Crippen LogP) is 4.66. The van der Waals surface area contributed by atoms with Crippen LogP contribution in [0.2, 0.25) is 15.1 Å². The van der Waals surface area contributed by atoms with Crippen molar-refractivity contribution in [2.45, 2.75) is 0 Å². The van der Waals surface area contributed by atoms with E-state index in [2.05, 4.69) is 22.2 Å². The fourth-order valence-electron chi connectivity index (χ4n) is 3.02. The molecule has 1 saturated heterocycles. The first-order valence-corrected chi connectivity index (χ1v) is 9.60. The molecule has 0 bridgehead atoms. The molecule has 3 rings (SSSR count). The van der Waals surface area contributed by atoms with Crippen LogP contribution >= 0.6 is 34.8 Å². The summed E-state index contributed by atoms with van der Waals surface area (Å²) in [5.41, 5.74) is 1.81. The molecule has 1 N–H and O–H groups in total. The lowest BCUT2D eigenvalue weighted by molar-refractivity contribution is 0.102. The lowest BCUT2D eigenvalue weighted by Gasteiger charge is -2.34. The van der Waals surface area contributed by atoms with E-state index in [0.29, 0.717) is 15.7 Å². The Morgan fingerprint density at radius 1 is 1.04 bits per heavy atom. The topological polar surface area (TPSA) is 44.8 Å². The number of nitrogens with zero attached hydrogens (tertiary/aromatic N) is 2. The highest BCUT2D eigenvalue weighted by atomic mass is 35.5. The third-order valence-corrected chi connectivity index (χ3v) is 5.31. The molecule has 5 nitrogen and oxygen atoms in total. The van der Waals surface area contributed by atoms with Crippen molar-refractivity contribution in [1.82, 2.24) is 4.90 Å². The Bertz CT molecular complexity index is 852. The van der Waals surface area contributed by atoms with Crippen molar-refractivity contribution in [3.05, 3.63) is 51.0 Å². The number of methoxy groups -OCH3 is 1. The van der Waals surface area contributed by atoms with Crippen LogP contribution in [0.15, 0.2) is 30.3 Å². The van der Waals surface area contributed by atoms with Gasteiger partial charge in [0.25, 0.3) is 5.91 Å². The number of piperazine rings is 1. The van der Waals surface area contributed by atoms with Crippen molar-refractivity contribution in [1.29, 1.82) is 0 Å². The van der Waals surface area contributed by atoms with Gasteiger partial charge in [0, 0.05) is 36.9 Å². The summed E-state index contributed by atoms with van der Waals surface area (Å²) in [5.74, 6) is -0.0987. The number of ether oxygens (including phenoxy) is 1. The van der Waals surface area contributed by atoms with Gasteiger partial charge in [-0.2, -0.15) is 0 Å². The normalized spacial score (nSPS) is 14.9. The number of benzene rings is 2. The van der Waals surface area contributed by atoms with E-state index in [4.69, 9.17) is 39.5 Å². The van der Waals surface area contributed by atoms with Gasteiger partial charge in [-0.3, -0.25) is 4.79 Å². The molecule has 144 valence electrons. The van der Waals surface area contributed by atoms with Gasteiger partial charge >= 0.3 is 0 Å². The van der Waals surface area contributed by atoms with Crippen LogP contribution in [0.4, 0.5) is 11.4 Å². The standard InChI is InChI=1S/C19H20Cl3N3O2/c1-24-5-7-25(8-6-24)17-4-3-13(11-15(17)21)23-19(26)14-9-12(20)10-16(22)18(14)27-2/h3-4,9-11H,5-8H2,1-2H3,(H,23,26). The number of amides is 1. The number of nitrogens with one attached hydrogen (secondary N) is 1. The van der Waals surface area contributed by atoms with Crippen molar-refractivity contribution < 1.29 is 9.53 Å². The molecule has 0 radical (unpaired) electrons. The summed E-state index contributed by atoms with van der Waals surface area (Å²) in [6.07, 6.45) is 0. The Morgan fingerprint density at radius 3 is 2.37 bits per heavy atom. The average molecular weight is 429 g/mol. The van der Waals surface area contributed by atoms with Gasteiger partial charge in [0.2, 0.25) is 0 Å². The molecule has 0 aromatic heterocycles. The number of anilines is 2.